The lowest BCUT2D eigenvalue weighted by Crippen LogP contribution is -2.29. The third-order valence-corrected chi connectivity index (χ3v) is 3.86. The van der Waals surface area contributed by atoms with Crippen LogP contribution in [0.3, 0.4) is 0 Å². The van der Waals surface area contributed by atoms with Crippen LogP contribution in [0.2, 0.25) is 0 Å². The Morgan fingerprint density at radius 3 is 2.35 bits per heavy atom. The third kappa shape index (κ3) is 4.47. The smallest absolute Gasteiger partial charge is 0.316 e. The van der Waals surface area contributed by atoms with Crippen molar-refractivity contribution in [2.75, 3.05) is 20.2 Å². The molecule has 1 aromatic carbocycles. The van der Waals surface area contributed by atoms with E-state index in [-0.39, 0.29) is 11.9 Å². The SMILES string of the molecule is COc1cc(CC(=O)N2CCCC2)ccc1OC(=O)C(C)(C)C. The number of rotatable bonds is 4. The molecule has 0 bridgehead atoms. The van der Waals surface area contributed by atoms with Gasteiger partial charge in [-0.05, 0) is 51.3 Å². The quantitative estimate of drug-likeness (QED) is 0.632. The first-order chi connectivity index (χ1) is 10.8. The van der Waals surface area contributed by atoms with E-state index in [4.69, 9.17) is 9.47 Å². The number of likely N-dealkylation sites (tertiary alicyclic amines) is 1. The average molecular weight is 319 g/mol. The van der Waals surface area contributed by atoms with Crippen LogP contribution in [0.1, 0.15) is 39.2 Å². The Hall–Kier alpha value is -2.04. The molecule has 0 unspecified atom stereocenters. The molecule has 1 amide bonds. The van der Waals surface area contributed by atoms with Gasteiger partial charge in [-0.3, -0.25) is 9.59 Å². The number of carbonyl (C=O) groups is 2. The molecule has 5 nitrogen and oxygen atoms in total. The highest BCUT2D eigenvalue weighted by Gasteiger charge is 2.25. The number of amides is 1. The van der Waals surface area contributed by atoms with Gasteiger partial charge in [-0.1, -0.05) is 6.07 Å². The van der Waals surface area contributed by atoms with Gasteiger partial charge in [0.05, 0.1) is 18.9 Å². The molecule has 5 heteroatoms. The number of nitrogens with zero attached hydrogens (tertiary/aromatic N) is 1. The Balaban J connectivity index is 2.09. The number of hydrogen-bond donors (Lipinski definition) is 0. The highest BCUT2D eigenvalue weighted by atomic mass is 16.6. The lowest BCUT2D eigenvalue weighted by Gasteiger charge is -2.18. The van der Waals surface area contributed by atoms with Crippen molar-refractivity contribution in [3.05, 3.63) is 23.8 Å². The predicted molar refractivity (Wildman–Crippen MR) is 87.6 cm³/mol. The first-order valence-corrected chi connectivity index (χ1v) is 7.98. The van der Waals surface area contributed by atoms with Crippen molar-refractivity contribution >= 4 is 11.9 Å². The van der Waals surface area contributed by atoms with Gasteiger partial charge in [0, 0.05) is 13.1 Å². The lowest BCUT2D eigenvalue weighted by molar-refractivity contribution is -0.143. The first-order valence-electron chi connectivity index (χ1n) is 7.98. The summed E-state index contributed by atoms with van der Waals surface area (Å²) in [7, 11) is 1.52. The van der Waals surface area contributed by atoms with Gasteiger partial charge in [0.2, 0.25) is 5.91 Å². The minimum Gasteiger partial charge on any atom is -0.493 e. The van der Waals surface area contributed by atoms with Crippen LogP contribution in [0.15, 0.2) is 18.2 Å². The van der Waals surface area contributed by atoms with Gasteiger partial charge in [0.1, 0.15) is 0 Å². The van der Waals surface area contributed by atoms with Gasteiger partial charge >= 0.3 is 5.97 Å². The summed E-state index contributed by atoms with van der Waals surface area (Å²) >= 11 is 0. The van der Waals surface area contributed by atoms with Crippen LogP contribution >= 0.6 is 0 Å². The summed E-state index contributed by atoms with van der Waals surface area (Å²) < 4.78 is 10.7. The molecule has 0 radical (unpaired) electrons. The Kier molecular flexibility index (Phi) is 5.29. The highest BCUT2D eigenvalue weighted by molar-refractivity contribution is 5.80. The molecule has 1 aromatic rings. The molecule has 126 valence electrons. The fraction of sp³-hybridized carbons (Fsp3) is 0.556. The Morgan fingerprint density at radius 2 is 1.78 bits per heavy atom. The molecule has 0 N–H and O–H groups in total. The van der Waals surface area contributed by atoms with Crippen LogP contribution in [-0.4, -0.2) is 37.0 Å². The van der Waals surface area contributed by atoms with Crippen molar-refractivity contribution in [3.63, 3.8) is 0 Å². The van der Waals surface area contributed by atoms with Gasteiger partial charge in [-0.25, -0.2) is 0 Å². The van der Waals surface area contributed by atoms with Crippen LogP contribution < -0.4 is 9.47 Å². The summed E-state index contributed by atoms with van der Waals surface area (Å²) in [4.78, 5) is 26.1. The van der Waals surface area contributed by atoms with Crippen LogP contribution in [-0.2, 0) is 16.0 Å². The van der Waals surface area contributed by atoms with Crippen molar-refractivity contribution < 1.29 is 19.1 Å². The molecule has 0 aliphatic carbocycles. The normalized spacial score (nSPS) is 14.7. The molecule has 2 rings (SSSR count). The lowest BCUT2D eigenvalue weighted by atomic mass is 9.97. The van der Waals surface area contributed by atoms with E-state index in [0.29, 0.717) is 17.9 Å². The largest absolute Gasteiger partial charge is 0.493 e. The fourth-order valence-electron chi connectivity index (χ4n) is 2.41. The maximum Gasteiger partial charge on any atom is 0.316 e. The standard InChI is InChI=1S/C18H25NO4/c1-18(2,3)17(21)23-14-8-7-13(11-15(14)22-4)12-16(20)19-9-5-6-10-19/h7-8,11H,5-6,9-10,12H2,1-4H3. The van der Waals surface area contributed by atoms with E-state index in [0.717, 1.165) is 31.5 Å². The molecule has 1 aliphatic rings. The van der Waals surface area contributed by atoms with E-state index < -0.39 is 5.41 Å². The average Bonchev–Trinajstić information content (AvgIpc) is 3.02. The molecule has 23 heavy (non-hydrogen) atoms. The fourth-order valence-corrected chi connectivity index (χ4v) is 2.41. The maximum atomic E-state index is 12.2. The molecule has 1 fully saturated rings. The summed E-state index contributed by atoms with van der Waals surface area (Å²) in [5.74, 6) is 0.653. The predicted octanol–water partition coefficient (Wildman–Crippen LogP) is 2.81. The zero-order valence-electron chi connectivity index (χ0n) is 14.3. The van der Waals surface area contributed by atoms with Crippen molar-refractivity contribution in [3.8, 4) is 11.5 Å². The van der Waals surface area contributed by atoms with Crippen molar-refractivity contribution in [2.45, 2.75) is 40.0 Å². The van der Waals surface area contributed by atoms with Crippen LogP contribution in [0.4, 0.5) is 0 Å². The van der Waals surface area contributed by atoms with Gasteiger partial charge < -0.3 is 14.4 Å². The van der Waals surface area contributed by atoms with Gasteiger partial charge in [0.15, 0.2) is 11.5 Å². The number of esters is 1. The summed E-state index contributed by atoms with van der Waals surface area (Å²) in [5.41, 5.74) is 0.268. The van der Waals surface area contributed by atoms with Crippen molar-refractivity contribution in [1.82, 2.24) is 4.90 Å². The van der Waals surface area contributed by atoms with Gasteiger partial charge in [-0.15, -0.1) is 0 Å². The molecule has 0 atom stereocenters. The van der Waals surface area contributed by atoms with Crippen LogP contribution in [0.5, 0.6) is 11.5 Å². The van der Waals surface area contributed by atoms with E-state index in [9.17, 15) is 9.59 Å². The zero-order valence-corrected chi connectivity index (χ0v) is 14.3. The molecular weight excluding hydrogens is 294 g/mol. The summed E-state index contributed by atoms with van der Waals surface area (Å²) in [5, 5.41) is 0. The Labute approximate surface area is 137 Å². The summed E-state index contributed by atoms with van der Waals surface area (Å²) in [6.45, 7) is 7.08. The van der Waals surface area contributed by atoms with Crippen LogP contribution in [0.25, 0.3) is 0 Å². The van der Waals surface area contributed by atoms with Crippen molar-refractivity contribution in [1.29, 1.82) is 0 Å². The van der Waals surface area contributed by atoms with E-state index in [1.807, 2.05) is 11.0 Å². The summed E-state index contributed by atoms with van der Waals surface area (Å²) in [6.07, 6.45) is 2.50. The number of benzene rings is 1. The first kappa shape index (κ1) is 17.3. The summed E-state index contributed by atoms with van der Waals surface area (Å²) in [6, 6.07) is 5.26. The second-order valence-electron chi connectivity index (χ2n) is 6.89. The minimum absolute atomic E-state index is 0.129. The number of hydrogen-bond acceptors (Lipinski definition) is 4. The third-order valence-electron chi connectivity index (χ3n) is 3.86. The topological polar surface area (TPSA) is 55.8 Å². The Morgan fingerprint density at radius 1 is 1.13 bits per heavy atom. The number of carbonyl (C=O) groups excluding carboxylic acids is 2. The second kappa shape index (κ2) is 7.02. The molecule has 0 aromatic heterocycles. The molecule has 0 spiro atoms. The molecule has 1 saturated heterocycles. The second-order valence-corrected chi connectivity index (χ2v) is 6.89. The van der Waals surface area contributed by atoms with Gasteiger partial charge in [-0.2, -0.15) is 0 Å². The van der Waals surface area contributed by atoms with E-state index >= 15 is 0 Å². The highest BCUT2D eigenvalue weighted by Crippen LogP contribution is 2.30. The molecule has 1 heterocycles. The van der Waals surface area contributed by atoms with E-state index in [1.54, 1.807) is 32.9 Å². The van der Waals surface area contributed by atoms with Gasteiger partial charge in [0.25, 0.3) is 0 Å². The molecule has 1 aliphatic heterocycles. The molecular formula is C18H25NO4. The van der Waals surface area contributed by atoms with E-state index in [1.165, 1.54) is 7.11 Å². The number of ether oxygens (including phenoxy) is 2. The van der Waals surface area contributed by atoms with Crippen molar-refractivity contribution in [2.24, 2.45) is 5.41 Å². The monoisotopic (exact) mass is 319 g/mol. The zero-order chi connectivity index (χ0) is 17.0. The Bertz CT molecular complexity index is 583. The molecule has 0 saturated carbocycles. The van der Waals surface area contributed by atoms with E-state index in [2.05, 4.69) is 0 Å². The number of methoxy groups -OCH3 is 1. The maximum absolute atomic E-state index is 12.2. The van der Waals surface area contributed by atoms with Crippen LogP contribution in [0, 0.1) is 5.41 Å². The minimum atomic E-state index is -0.588.